The van der Waals surface area contributed by atoms with Crippen LogP contribution in [-0.4, -0.2) is 5.84 Å². The summed E-state index contributed by atoms with van der Waals surface area (Å²) in [5.41, 5.74) is 5.34. The van der Waals surface area contributed by atoms with Crippen molar-refractivity contribution in [3.8, 4) is 0 Å². The van der Waals surface area contributed by atoms with E-state index in [1.54, 1.807) is 6.07 Å². The molecule has 0 bridgehead atoms. The van der Waals surface area contributed by atoms with E-state index < -0.39 is 5.82 Å². The van der Waals surface area contributed by atoms with Gasteiger partial charge in [0, 0.05) is 11.2 Å². The Kier molecular flexibility index (Phi) is 3.48. The molecule has 0 aliphatic rings. The van der Waals surface area contributed by atoms with Crippen molar-refractivity contribution in [1.82, 2.24) is 0 Å². The lowest BCUT2D eigenvalue weighted by Crippen LogP contribution is -2.05. The van der Waals surface area contributed by atoms with E-state index >= 15 is 0 Å². The molecule has 0 radical (unpaired) electrons. The molecule has 14 heavy (non-hydrogen) atoms. The van der Waals surface area contributed by atoms with Crippen LogP contribution in [0.5, 0.6) is 0 Å². The van der Waals surface area contributed by atoms with Gasteiger partial charge in [0.15, 0.2) is 0 Å². The second-order valence-corrected chi connectivity index (χ2v) is 2.99. The highest BCUT2D eigenvalue weighted by atomic mass is 35.5. The minimum absolute atomic E-state index is 0.105. The summed E-state index contributed by atoms with van der Waals surface area (Å²) in [6.07, 6.45) is 2.70. The van der Waals surface area contributed by atoms with Gasteiger partial charge in [-0.1, -0.05) is 11.6 Å². The highest BCUT2D eigenvalue weighted by Gasteiger charge is 1.99. The van der Waals surface area contributed by atoms with E-state index in [-0.39, 0.29) is 11.5 Å². The summed E-state index contributed by atoms with van der Waals surface area (Å²) >= 11 is 5.56. The predicted octanol–water partition coefficient (Wildman–Crippen LogP) is 2.34. The van der Waals surface area contributed by atoms with Gasteiger partial charge < -0.3 is 11.1 Å². The Morgan fingerprint density at radius 3 is 2.86 bits per heavy atom. The van der Waals surface area contributed by atoms with Crippen LogP contribution in [0.2, 0.25) is 5.02 Å². The summed E-state index contributed by atoms with van der Waals surface area (Å²) in [5, 5.41) is 9.86. The van der Waals surface area contributed by atoms with E-state index in [0.717, 1.165) is 0 Å². The zero-order valence-electron chi connectivity index (χ0n) is 7.22. The third-order valence-electron chi connectivity index (χ3n) is 1.43. The first-order valence-corrected chi connectivity index (χ1v) is 4.19. The number of halogens is 2. The SMILES string of the molecule is N=C(N)/C=C\Nc1ccc(Cl)cc1F. The van der Waals surface area contributed by atoms with Crippen molar-refractivity contribution in [2.24, 2.45) is 5.73 Å². The lowest BCUT2D eigenvalue weighted by atomic mass is 10.3. The molecule has 0 aliphatic carbocycles. The Bertz CT molecular complexity index is 376. The van der Waals surface area contributed by atoms with Crippen molar-refractivity contribution in [2.75, 3.05) is 5.32 Å². The number of hydrogen-bond acceptors (Lipinski definition) is 2. The zero-order chi connectivity index (χ0) is 10.6. The van der Waals surface area contributed by atoms with Crippen LogP contribution in [0.3, 0.4) is 0 Å². The van der Waals surface area contributed by atoms with E-state index in [0.29, 0.717) is 5.02 Å². The minimum atomic E-state index is -0.453. The van der Waals surface area contributed by atoms with Gasteiger partial charge in [-0.3, -0.25) is 5.41 Å². The van der Waals surface area contributed by atoms with Crippen LogP contribution in [0.4, 0.5) is 10.1 Å². The van der Waals surface area contributed by atoms with Gasteiger partial charge in [-0.05, 0) is 24.3 Å². The fraction of sp³-hybridized carbons (Fsp3) is 0. The number of nitrogens with two attached hydrogens (primary N) is 1. The molecule has 74 valence electrons. The number of hydrogen-bond donors (Lipinski definition) is 3. The summed E-state index contributed by atoms with van der Waals surface area (Å²) in [4.78, 5) is 0. The fourth-order valence-corrected chi connectivity index (χ4v) is 0.987. The van der Waals surface area contributed by atoms with Crippen molar-refractivity contribution >= 4 is 23.1 Å². The molecule has 0 spiro atoms. The summed E-state index contributed by atoms with van der Waals surface area (Å²) in [6.45, 7) is 0. The molecular weight excluding hydrogens is 205 g/mol. The molecule has 0 saturated heterocycles. The van der Waals surface area contributed by atoms with Gasteiger partial charge in [0.05, 0.1) is 5.69 Å². The van der Waals surface area contributed by atoms with E-state index in [1.807, 2.05) is 0 Å². The molecule has 0 aromatic heterocycles. The third-order valence-corrected chi connectivity index (χ3v) is 1.67. The Labute approximate surface area is 85.9 Å². The van der Waals surface area contributed by atoms with Gasteiger partial charge in [-0.15, -0.1) is 0 Å². The van der Waals surface area contributed by atoms with Crippen LogP contribution in [0.15, 0.2) is 30.5 Å². The molecule has 0 amide bonds. The molecule has 0 fully saturated rings. The first-order valence-electron chi connectivity index (χ1n) is 3.82. The molecule has 4 N–H and O–H groups in total. The maximum atomic E-state index is 13.1. The number of anilines is 1. The van der Waals surface area contributed by atoms with Gasteiger partial charge in [0.2, 0.25) is 0 Å². The summed E-state index contributed by atoms with van der Waals surface area (Å²) in [6, 6.07) is 4.27. The monoisotopic (exact) mass is 213 g/mol. The maximum Gasteiger partial charge on any atom is 0.148 e. The average Bonchev–Trinajstić information content (AvgIpc) is 2.08. The van der Waals surface area contributed by atoms with Crippen LogP contribution < -0.4 is 11.1 Å². The van der Waals surface area contributed by atoms with Gasteiger partial charge in [-0.25, -0.2) is 4.39 Å². The van der Waals surface area contributed by atoms with E-state index in [4.69, 9.17) is 22.7 Å². The maximum absolute atomic E-state index is 13.1. The third kappa shape index (κ3) is 3.06. The number of benzene rings is 1. The quantitative estimate of drug-likeness (QED) is 0.533. The molecule has 5 heteroatoms. The molecule has 0 heterocycles. The van der Waals surface area contributed by atoms with Gasteiger partial charge in [0.25, 0.3) is 0 Å². The number of rotatable bonds is 3. The van der Waals surface area contributed by atoms with Crippen molar-refractivity contribution in [3.63, 3.8) is 0 Å². The summed E-state index contributed by atoms with van der Waals surface area (Å²) in [7, 11) is 0. The van der Waals surface area contributed by atoms with Gasteiger partial charge in [0.1, 0.15) is 11.7 Å². The van der Waals surface area contributed by atoms with Crippen molar-refractivity contribution in [3.05, 3.63) is 41.3 Å². The topological polar surface area (TPSA) is 61.9 Å². The Hall–Kier alpha value is -1.55. The zero-order valence-corrected chi connectivity index (χ0v) is 7.98. The molecule has 0 saturated carbocycles. The van der Waals surface area contributed by atoms with E-state index in [9.17, 15) is 4.39 Å². The number of nitrogens with one attached hydrogen (secondary N) is 2. The summed E-state index contributed by atoms with van der Waals surface area (Å²) < 4.78 is 13.1. The molecule has 1 rings (SSSR count). The van der Waals surface area contributed by atoms with E-state index in [2.05, 4.69) is 5.32 Å². The first-order chi connectivity index (χ1) is 6.59. The van der Waals surface area contributed by atoms with E-state index in [1.165, 1.54) is 24.4 Å². The molecular formula is C9H9ClFN3. The van der Waals surface area contributed by atoms with Gasteiger partial charge >= 0.3 is 0 Å². The Balaban J connectivity index is 2.73. The molecule has 0 aliphatic heterocycles. The molecule has 3 nitrogen and oxygen atoms in total. The highest BCUT2D eigenvalue weighted by molar-refractivity contribution is 6.30. The lowest BCUT2D eigenvalue weighted by Gasteiger charge is -2.02. The second kappa shape index (κ2) is 4.62. The molecule has 0 unspecified atom stereocenters. The lowest BCUT2D eigenvalue weighted by molar-refractivity contribution is 0.632. The Morgan fingerprint density at radius 1 is 1.57 bits per heavy atom. The van der Waals surface area contributed by atoms with Crippen LogP contribution >= 0.6 is 11.6 Å². The highest BCUT2D eigenvalue weighted by Crippen LogP contribution is 2.18. The van der Waals surface area contributed by atoms with Gasteiger partial charge in [-0.2, -0.15) is 0 Å². The molecule has 1 aromatic rings. The number of amidine groups is 1. The predicted molar refractivity (Wildman–Crippen MR) is 56.1 cm³/mol. The largest absolute Gasteiger partial charge is 0.384 e. The average molecular weight is 214 g/mol. The fourth-order valence-electron chi connectivity index (χ4n) is 0.828. The van der Waals surface area contributed by atoms with Crippen LogP contribution in [0, 0.1) is 11.2 Å². The van der Waals surface area contributed by atoms with Crippen molar-refractivity contribution in [1.29, 1.82) is 5.41 Å². The van der Waals surface area contributed by atoms with Crippen molar-refractivity contribution in [2.45, 2.75) is 0 Å². The minimum Gasteiger partial charge on any atom is -0.384 e. The first kappa shape index (κ1) is 10.5. The van der Waals surface area contributed by atoms with Crippen LogP contribution in [0.1, 0.15) is 0 Å². The second-order valence-electron chi connectivity index (χ2n) is 2.56. The molecule has 1 aromatic carbocycles. The van der Waals surface area contributed by atoms with Crippen LogP contribution in [0.25, 0.3) is 0 Å². The van der Waals surface area contributed by atoms with Crippen molar-refractivity contribution < 1.29 is 4.39 Å². The van der Waals surface area contributed by atoms with Crippen LogP contribution in [-0.2, 0) is 0 Å². The summed E-state index contributed by atoms with van der Waals surface area (Å²) in [5.74, 6) is -0.558. The Morgan fingerprint density at radius 2 is 2.29 bits per heavy atom. The standard InChI is InChI=1S/C9H9ClFN3/c10-6-1-2-8(7(11)5-6)14-4-3-9(12)13/h1-5,14H,(H3,12,13)/b4-3-. The normalized spacial score (nSPS) is 10.4. The molecule has 0 atom stereocenters. The smallest absolute Gasteiger partial charge is 0.148 e.